The molecule has 1 aliphatic carbocycles. The standard InChI is InChI=1S/C47H60N8O6/c1-30(54(5)42-21-13-14-24-49-42)46(60)61-40(29-55-28-34-19-10-9-18-33(34)26-39(55)45(59)53-47(2,3)4)37(25-31-15-7-6-8-16-31)51-44(58)38(27-41(48)56)52-43(57)36-23-22-32-17-11-12-20-35(32)50-36/h6-8,11-17,20-24,30,33-34,37-40H,9-10,18-19,25-29H2,1-5H3,(H2,48,56)(H,51,58)(H,52,57)(H,53,59)/t30?,33-,34+,37-,38-,39-,40+/m0/s1. The molecular weight excluding hydrogens is 773 g/mol. The Balaban J connectivity index is 1.35. The van der Waals surface area contributed by atoms with Crippen LogP contribution in [0.15, 0.2) is 91.1 Å². The molecule has 324 valence electrons. The summed E-state index contributed by atoms with van der Waals surface area (Å²) in [6, 6.07) is 22.0. The molecule has 2 fully saturated rings. The van der Waals surface area contributed by atoms with Gasteiger partial charge in [0.2, 0.25) is 17.7 Å². The number of nitrogens with one attached hydrogen (secondary N) is 3. The van der Waals surface area contributed by atoms with Gasteiger partial charge < -0.3 is 31.3 Å². The molecule has 2 aliphatic rings. The van der Waals surface area contributed by atoms with Crippen molar-refractivity contribution in [3.63, 3.8) is 0 Å². The van der Waals surface area contributed by atoms with Crippen LogP contribution in [0.5, 0.6) is 0 Å². The van der Waals surface area contributed by atoms with Crippen LogP contribution in [0.1, 0.15) is 82.3 Å². The molecule has 1 saturated carbocycles. The molecule has 0 spiro atoms. The van der Waals surface area contributed by atoms with E-state index in [2.05, 4.69) is 30.8 Å². The number of carbonyl (C=O) groups excluding carboxylic acids is 5. The Hall–Kier alpha value is -5.89. The minimum absolute atomic E-state index is 0.0605. The number of nitrogens with two attached hydrogens (primary N) is 1. The summed E-state index contributed by atoms with van der Waals surface area (Å²) in [5, 5.41) is 9.79. The second-order valence-electron chi connectivity index (χ2n) is 17.6. The zero-order valence-corrected chi connectivity index (χ0v) is 35.9. The molecule has 1 unspecified atom stereocenters. The van der Waals surface area contributed by atoms with Crippen molar-refractivity contribution < 1.29 is 28.7 Å². The number of benzene rings is 2. The molecule has 4 amide bonds. The zero-order valence-electron chi connectivity index (χ0n) is 35.9. The monoisotopic (exact) mass is 832 g/mol. The minimum atomic E-state index is -1.38. The van der Waals surface area contributed by atoms with E-state index in [1.165, 1.54) is 0 Å². The van der Waals surface area contributed by atoms with Crippen LogP contribution in [0.2, 0.25) is 0 Å². The number of amides is 4. The molecule has 7 atom stereocenters. The van der Waals surface area contributed by atoms with E-state index in [9.17, 15) is 24.0 Å². The van der Waals surface area contributed by atoms with Gasteiger partial charge in [0.25, 0.3) is 5.91 Å². The number of ether oxygens (including phenoxy) is 1. The van der Waals surface area contributed by atoms with E-state index in [4.69, 9.17) is 10.5 Å². The Labute approximate surface area is 358 Å². The fourth-order valence-corrected chi connectivity index (χ4v) is 8.53. The van der Waals surface area contributed by atoms with Gasteiger partial charge in [0, 0.05) is 37.3 Å². The van der Waals surface area contributed by atoms with E-state index in [0.29, 0.717) is 36.1 Å². The number of hydrogen-bond donors (Lipinski definition) is 4. The van der Waals surface area contributed by atoms with E-state index < -0.39 is 65.9 Å². The molecule has 0 radical (unpaired) electrons. The molecular formula is C47H60N8O6. The summed E-state index contributed by atoms with van der Waals surface area (Å²) in [4.78, 5) is 81.8. The van der Waals surface area contributed by atoms with E-state index in [1.54, 1.807) is 55.4 Å². The maximum atomic E-state index is 14.5. The third-order valence-corrected chi connectivity index (χ3v) is 11.9. The van der Waals surface area contributed by atoms with E-state index in [-0.39, 0.29) is 24.6 Å². The number of esters is 1. The first-order valence-electron chi connectivity index (χ1n) is 21.3. The van der Waals surface area contributed by atoms with Crippen LogP contribution >= 0.6 is 0 Å². The first-order valence-corrected chi connectivity index (χ1v) is 21.3. The fraction of sp³-hybridized carbons (Fsp3) is 0.468. The molecule has 5 N–H and O–H groups in total. The summed E-state index contributed by atoms with van der Waals surface area (Å²) in [6.45, 7) is 8.33. The maximum absolute atomic E-state index is 14.5. The fourth-order valence-electron chi connectivity index (χ4n) is 8.53. The second-order valence-corrected chi connectivity index (χ2v) is 17.6. The molecule has 3 heterocycles. The molecule has 1 aliphatic heterocycles. The number of primary amides is 1. The number of piperidine rings is 1. The lowest BCUT2D eigenvalue weighted by molar-refractivity contribution is -0.155. The molecule has 6 rings (SSSR count). The van der Waals surface area contributed by atoms with Gasteiger partial charge in [0.05, 0.1) is 24.0 Å². The van der Waals surface area contributed by atoms with Gasteiger partial charge in [-0.1, -0.05) is 79.9 Å². The summed E-state index contributed by atoms with van der Waals surface area (Å²) < 4.78 is 6.52. The van der Waals surface area contributed by atoms with Crippen LogP contribution in [0.3, 0.4) is 0 Å². The third-order valence-electron chi connectivity index (χ3n) is 11.9. The number of aromatic nitrogens is 2. The van der Waals surface area contributed by atoms with Crippen LogP contribution in [0.25, 0.3) is 10.9 Å². The van der Waals surface area contributed by atoms with Crippen molar-refractivity contribution in [3.8, 4) is 0 Å². The number of pyridine rings is 2. The van der Waals surface area contributed by atoms with E-state index in [1.807, 2.05) is 75.4 Å². The molecule has 2 aromatic carbocycles. The van der Waals surface area contributed by atoms with Gasteiger partial charge >= 0.3 is 5.97 Å². The summed E-state index contributed by atoms with van der Waals surface area (Å²) >= 11 is 0. The van der Waals surface area contributed by atoms with Gasteiger partial charge in [-0.25, -0.2) is 14.8 Å². The average Bonchev–Trinajstić information content (AvgIpc) is 3.24. The number of nitrogens with zero attached hydrogens (tertiary/aromatic N) is 4. The number of fused-ring (bicyclic) bond motifs is 2. The average molecular weight is 833 g/mol. The van der Waals surface area contributed by atoms with Gasteiger partial charge in [-0.2, -0.15) is 0 Å². The first kappa shape index (κ1) is 44.7. The second kappa shape index (κ2) is 20.1. The van der Waals surface area contributed by atoms with Crippen LogP contribution in [0, 0.1) is 11.8 Å². The predicted molar refractivity (Wildman–Crippen MR) is 234 cm³/mol. The number of hydrogen-bond acceptors (Lipinski definition) is 10. The van der Waals surface area contributed by atoms with Crippen LogP contribution < -0.4 is 26.6 Å². The number of likely N-dealkylation sites (tertiary alicyclic amines) is 1. The van der Waals surface area contributed by atoms with Crippen molar-refractivity contribution in [2.75, 3.05) is 25.0 Å². The highest BCUT2D eigenvalue weighted by atomic mass is 16.5. The summed E-state index contributed by atoms with van der Waals surface area (Å²) in [5.74, 6) is -1.49. The number of anilines is 1. The van der Waals surface area contributed by atoms with E-state index >= 15 is 0 Å². The molecule has 2 aromatic heterocycles. The highest BCUT2D eigenvalue weighted by Gasteiger charge is 2.43. The predicted octanol–water partition coefficient (Wildman–Crippen LogP) is 4.56. The highest BCUT2D eigenvalue weighted by Crippen LogP contribution is 2.39. The van der Waals surface area contributed by atoms with Crippen molar-refractivity contribution in [2.24, 2.45) is 17.6 Å². The highest BCUT2D eigenvalue weighted by molar-refractivity contribution is 5.99. The van der Waals surface area contributed by atoms with Gasteiger partial charge in [-0.15, -0.1) is 0 Å². The van der Waals surface area contributed by atoms with Crippen molar-refractivity contribution >= 4 is 46.3 Å². The molecule has 4 aromatic rings. The van der Waals surface area contributed by atoms with Crippen molar-refractivity contribution in [1.29, 1.82) is 0 Å². The quantitative estimate of drug-likeness (QED) is 0.117. The minimum Gasteiger partial charge on any atom is -0.457 e. The maximum Gasteiger partial charge on any atom is 0.328 e. The molecule has 14 heteroatoms. The van der Waals surface area contributed by atoms with Crippen molar-refractivity contribution in [3.05, 3.63) is 102 Å². The Bertz CT molecular complexity index is 2150. The lowest BCUT2D eigenvalue weighted by Gasteiger charge is -2.47. The summed E-state index contributed by atoms with van der Waals surface area (Å²) in [5.41, 5.74) is 6.68. The Morgan fingerprint density at radius 2 is 1.61 bits per heavy atom. The Morgan fingerprint density at radius 1 is 0.902 bits per heavy atom. The number of para-hydroxylation sites is 1. The van der Waals surface area contributed by atoms with Crippen molar-refractivity contribution in [2.45, 2.75) is 108 Å². The first-order chi connectivity index (χ1) is 29.1. The zero-order chi connectivity index (χ0) is 43.7. The lowest BCUT2D eigenvalue weighted by atomic mass is 9.72. The SMILES string of the molecule is CC(C(=O)O[C@H](CN1C[C@H]2CCCC[C@H]2C[C@H]1C(=O)NC(C)(C)C)[C@H](Cc1ccccc1)NC(=O)[C@H](CC(N)=O)NC(=O)c1ccc2ccccc2n1)N(C)c1ccccn1. The van der Waals surface area contributed by atoms with Crippen LogP contribution in [0.4, 0.5) is 5.82 Å². The molecule has 0 bridgehead atoms. The number of rotatable bonds is 16. The number of likely N-dealkylation sites (N-methyl/N-ethyl adjacent to an activating group) is 1. The van der Waals surface area contributed by atoms with Crippen LogP contribution in [-0.4, -0.2) is 100 Å². The van der Waals surface area contributed by atoms with Gasteiger partial charge in [-0.3, -0.25) is 24.1 Å². The summed E-state index contributed by atoms with van der Waals surface area (Å²) in [7, 11) is 1.76. The summed E-state index contributed by atoms with van der Waals surface area (Å²) in [6.07, 6.45) is 5.37. The molecule has 14 nitrogen and oxygen atoms in total. The van der Waals surface area contributed by atoms with Crippen molar-refractivity contribution in [1.82, 2.24) is 30.8 Å². The normalized spacial score (nSPS) is 19.9. The largest absolute Gasteiger partial charge is 0.457 e. The lowest BCUT2D eigenvalue weighted by Crippen LogP contribution is -2.62. The van der Waals surface area contributed by atoms with E-state index in [0.717, 1.165) is 36.6 Å². The van der Waals surface area contributed by atoms with Gasteiger partial charge in [0.1, 0.15) is 29.7 Å². The molecule has 1 saturated heterocycles. The molecule has 61 heavy (non-hydrogen) atoms. The van der Waals surface area contributed by atoms with Crippen LogP contribution in [-0.2, 0) is 30.3 Å². The number of carbonyl (C=O) groups is 5. The van der Waals surface area contributed by atoms with Gasteiger partial charge in [0.15, 0.2) is 0 Å². The topological polar surface area (TPSA) is 189 Å². The Kier molecular flexibility index (Phi) is 14.7. The van der Waals surface area contributed by atoms with Gasteiger partial charge in [-0.05, 0) is 88.6 Å². The smallest absolute Gasteiger partial charge is 0.328 e. The Morgan fingerprint density at radius 3 is 2.31 bits per heavy atom. The third kappa shape index (κ3) is 12.1.